The fourth-order valence-electron chi connectivity index (χ4n) is 1.51. The lowest BCUT2D eigenvalue weighted by Crippen LogP contribution is -2.00. The van der Waals surface area contributed by atoms with Crippen molar-refractivity contribution in [1.29, 1.82) is 0 Å². The molecule has 2 nitrogen and oxygen atoms in total. The maximum atomic E-state index is 9.99. The highest BCUT2D eigenvalue weighted by molar-refractivity contribution is 9.10. The Morgan fingerprint density at radius 3 is 2.94 bits per heavy atom. The molecular weight excluding hydrogens is 268 g/mol. The summed E-state index contributed by atoms with van der Waals surface area (Å²) < 4.78 is 6.16. The number of unbranched alkanes of at least 4 members (excludes halogenated alkanes) is 1. The molecule has 0 saturated heterocycles. The summed E-state index contributed by atoms with van der Waals surface area (Å²) in [5, 5.41) is 9.99. The zero-order valence-corrected chi connectivity index (χ0v) is 10.8. The highest BCUT2D eigenvalue weighted by atomic mass is 79.9. The van der Waals surface area contributed by atoms with Gasteiger partial charge in [0.2, 0.25) is 0 Å². The molecule has 0 bridgehead atoms. The molecule has 0 spiro atoms. The van der Waals surface area contributed by atoms with E-state index in [1.807, 2.05) is 18.2 Å². The van der Waals surface area contributed by atoms with Crippen molar-refractivity contribution in [2.45, 2.75) is 25.4 Å². The smallest absolute Gasteiger partial charge is 0.125 e. The average molecular weight is 283 g/mol. The van der Waals surface area contributed by atoms with Crippen LogP contribution < -0.4 is 4.74 Å². The fraction of sp³-hybridized carbons (Fsp3) is 0.385. The van der Waals surface area contributed by atoms with E-state index in [1.165, 1.54) is 0 Å². The third-order valence-electron chi connectivity index (χ3n) is 2.35. The number of hydrogen-bond donors (Lipinski definition) is 1. The first-order valence-corrected chi connectivity index (χ1v) is 5.93. The highest BCUT2D eigenvalue weighted by Gasteiger charge is 2.12. The van der Waals surface area contributed by atoms with Crippen LogP contribution in [-0.2, 0) is 0 Å². The van der Waals surface area contributed by atoms with Crippen molar-refractivity contribution in [2.75, 3.05) is 7.11 Å². The van der Waals surface area contributed by atoms with Crippen molar-refractivity contribution >= 4 is 15.9 Å². The van der Waals surface area contributed by atoms with Crippen LogP contribution in [0, 0.1) is 12.3 Å². The number of hydrogen-bond acceptors (Lipinski definition) is 2. The SMILES string of the molecule is C#CCCCC(O)c1ccc(Br)cc1OC. The van der Waals surface area contributed by atoms with Crippen LogP contribution in [0.4, 0.5) is 0 Å². The average Bonchev–Trinajstić information content (AvgIpc) is 2.29. The van der Waals surface area contributed by atoms with Gasteiger partial charge in [0.25, 0.3) is 0 Å². The Kier molecular flexibility index (Phi) is 5.37. The number of halogens is 1. The minimum atomic E-state index is -0.517. The van der Waals surface area contributed by atoms with Gasteiger partial charge < -0.3 is 9.84 Å². The Bertz CT molecular complexity index is 382. The molecule has 0 heterocycles. The molecule has 0 radical (unpaired) electrons. The second-order valence-electron chi connectivity index (χ2n) is 3.50. The largest absolute Gasteiger partial charge is 0.496 e. The van der Waals surface area contributed by atoms with E-state index in [0.29, 0.717) is 18.6 Å². The summed E-state index contributed by atoms with van der Waals surface area (Å²) in [6.07, 6.45) is 6.81. The van der Waals surface area contributed by atoms with Crippen molar-refractivity contribution in [1.82, 2.24) is 0 Å². The number of aliphatic hydroxyl groups excluding tert-OH is 1. The van der Waals surface area contributed by atoms with Gasteiger partial charge in [-0.3, -0.25) is 0 Å². The summed E-state index contributed by atoms with van der Waals surface area (Å²) in [5.41, 5.74) is 0.808. The molecule has 86 valence electrons. The van der Waals surface area contributed by atoms with E-state index < -0.39 is 6.10 Å². The number of benzene rings is 1. The number of ether oxygens (including phenoxy) is 1. The minimum absolute atomic E-state index is 0.517. The Labute approximate surface area is 105 Å². The van der Waals surface area contributed by atoms with Gasteiger partial charge in [-0.15, -0.1) is 12.3 Å². The van der Waals surface area contributed by atoms with E-state index in [0.717, 1.165) is 16.5 Å². The Balaban J connectivity index is 2.74. The Hall–Kier alpha value is -0.980. The van der Waals surface area contributed by atoms with Gasteiger partial charge in [0, 0.05) is 16.5 Å². The quantitative estimate of drug-likeness (QED) is 0.663. The van der Waals surface area contributed by atoms with Crippen molar-refractivity contribution in [3.05, 3.63) is 28.2 Å². The molecule has 1 atom stereocenters. The third-order valence-corrected chi connectivity index (χ3v) is 2.85. The maximum absolute atomic E-state index is 9.99. The lowest BCUT2D eigenvalue weighted by molar-refractivity contribution is 0.161. The van der Waals surface area contributed by atoms with Gasteiger partial charge >= 0.3 is 0 Å². The van der Waals surface area contributed by atoms with Crippen molar-refractivity contribution in [3.8, 4) is 18.1 Å². The van der Waals surface area contributed by atoms with Crippen LogP contribution in [0.5, 0.6) is 5.75 Å². The molecule has 0 aromatic heterocycles. The molecule has 0 aliphatic rings. The summed E-state index contributed by atoms with van der Waals surface area (Å²) in [6.45, 7) is 0. The summed E-state index contributed by atoms with van der Waals surface area (Å²) in [6, 6.07) is 5.60. The van der Waals surface area contributed by atoms with E-state index in [-0.39, 0.29) is 0 Å². The molecule has 1 rings (SSSR count). The predicted octanol–water partition coefficient (Wildman–Crippen LogP) is 3.29. The third kappa shape index (κ3) is 3.55. The number of terminal acetylenes is 1. The molecule has 0 aliphatic heterocycles. The molecule has 3 heteroatoms. The maximum Gasteiger partial charge on any atom is 0.125 e. The highest BCUT2D eigenvalue weighted by Crippen LogP contribution is 2.30. The monoisotopic (exact) mass is 282 g/mol. The van der Waals surface area contributed by atoms with Gasteiger partial charge in [0.15, 0.2) is 0 Å². The van der Waals surface area contributed by atoms with Crippen LogP contribution in [0.15, 0.2) is 22.7 Å². The number of aliphatic hydroxyl groups is 1. The second kappa shape index (κ2) is 6.57. The molecule has 16 heavy (non-hydrogen) atoms. The fourth-order valence-corrected chi connectivity index (χ4v) is 1.85. The van der Waals surface area contributed by atoms with E-state index >= 15 is 0 Å². The van der Waals surface area contributed by atoms with Gasteiger partial charge in [0.1, 0.15) is 5.75 Å². The van der Waals surface area contributed by atoms with E-state index in [9.17, 15) is 5.11 Å². The second-order valence-corrected chi connectivity index (χ2v) is 4.41. The molecule has 0 saturated carbocycles. The van der Waals surface area contributed by atoms with E-state index in [1.54, 1.807) is 7.11 Å². The summed E-state index contributed by atoms with van der Waals surface area (Å²) in [7, 11) is 1.60. The zero-order chi connectivity index (χ0) is 12.0. The van der Waals surface area contributed by atoms with Crippen molar-refractivity contribution in [3.63, 3.8) is 0 Å². The van der Waals surface area contributed by atoms with Crippen molar-refractivity contribution < 1.29 is 9.84 Å². The van der Waals surface area contributed by atoms with Gasteiger partial charge in [0.05, 0.1) is 13.2 Å². The molecule has 0 aliphatic carbocycles. The first-order valence-electron chi connectivity index (χ1n) is 5.14. The number of rotatable bonds is 5. The molecule has 1 aromatic carbocycles. The van der Waals surface area contributed by atoms with E-state index in [4.69, 9.17) is 11.2 Å². The summed E-state index contributed by atoms with van der Waals surface area (Å²) in [4.78, 5) is 0. The van der Waals surface area contributed by atoms with Crippen LogP contribution in [0.1, 0.15) is 30.9 Å². The summed E-state index contributed by atoms with van der Waals surface area (Å²) in [5.74, 6) is 3.26. The van der Waals surface area contributed by atoms with Crippen molar-refractivity contribution in [2.24, 2.45) is 0 Å². The normalized spacial score (nSPS) is 11.9. The predicted molar refractivity (Wildman–Crippen MR) is 68.3 cm³/mol. The summed E-state index contributed by atoms with van der Waals surface area (Å²) >= 11 is 3.36. The van der Waals surface area contributed by atoms with Gasteiger partial charge in [-0.2, -0.15) is 0 Å². The topological polar surface area (TPSA) is 29.5 Å². The van der Waals surface area contributed by atoms with Crippen LogP contribution in [0.3, 0.4) is 0 Å². The number of methoxy groups -OCH3 is 1. The van der Waals surface area contributed by atoms with Crippen LogP contribution in [-0.4, -0.2) is 12.2 Å². The lowest BCUT2D eigenvalue weighted by atomic mass is 10.0. The van der Waals surface area contributed by atoms with Gasteiger partial charge in [-0.1, -0.05) is 22.0 Å². The zero-order valence-electron chi connectivity index (χ0n) is 9.24. The minimum Gasteiger partial charge on any atom is -0.496 e. The lowest BCUT2D eigenvalue weighted by Gasteiger charge is -2.14. The van der Waals surface area contributed by atoms with Crippen LogP contribution >= 0.6 is 15.9 Å². The van der Waals surface area contributed by atoms with E-state index in [2.05, 4.69) is 21.9 Å². The molecule has 1 N–H and O–H groups in total. The van der Waals surface area contributed by atoms with Crippen LogP contribution in [0.2, 0.25) is 0 Å². The molecular formula is C13H15BrO2. The molecule has 0 amide bonds. The molecule has 0 fully saturated rings. The first kappa shape index (κ1) is 13.1. The molecule has 1 unspecified atom stereocenters. The first-order chi connectivity index (χ1) is 7.69. The van der Waals surface area contributed by atoms with Gasteiger partial charge in [-0.25, -0.2) is 0 Å². The molecule has 1 aromatic rings. The Morgan fingerprint density at radius 1 is 1.56 bits per heavy atom. The van der Waals surface area contributed by atoms with Crippen LogP contribution in [0.25, 0.3) is 0 Å². The van der Waals surface area contributed by atoms with Gasteiger partial charge in [-0.05, 0) is 25.0 Å². The standard InChI is InChI=1S/C13H15BrO2/c1-3-4-5-6-12(15)11-8-7-10(14)9-13(11)16-2/h1,7-9,12,15H,4-6H2,2H3. The Morgan fingerprint density at radius 2 is 2.31 bits per heavy atom.